The molecule has 6 nitrogen and oxygen atoms in total. The Kier molecular flexibility index (Phi) is 2.30. The zero-order valence-corrected chi connectivity index (χ0v) is 7.11. The van der Waals surface area contributed by atoms with E-state index in [2.05, 4.69) is 30.9 Å². The second-order valence-electron chi connectivity index (χ2n) is 2.54. The minimum Gasteiger partial charge on any atom is -0.363 e. The van der Waals surface area contributed by atoms with Crippen LogP contribution in [0.4, 0.5) is 10.2 Å². The normalized spacial score (nSPS) is 10.1. The van der Waals surface area contributed by atoms with E-state index in [-0.39, 0.29) is 5.82 Å². The van der Waals surface area contributed by atoms with Gasteiger partial charge in [0.25, 0.3) is 0 Å². The minimum absolute atomic E-state index is 0.366. The molecule has 2 rings (SSSR count). The van der Waals surface area contributed by atoms with Crippen molar-refractivity contribution in [3.63, 3.8) is 0 Å². The molecular formula is C7H7FN6. The van der Waals surface area contributed by atoms with E-state index in [9.17, 15) is 4.39 Å². The minimum atomic E-state index is -0.366. The van der Waals surface area contributed by atoms with Crippen LogP contribution < -0.4 is 5.32 Å². The molecule has 0 saturated heterocycles. The van der Waals surface area contributed by atoms with Gasteiger partial charge in [-0.15, -0.1) is 10.2 Å². The molecule has 0 saturated carbocycles. The first kappa shape index (κ1) is 8.54. The van der Waals surface area contributed by atoms with Crippen molar-refractivity contribution < 1.29 is 4.39 Å². The third-order valence-corrected chi connectivity index (χ3v) is 1.54. The lowest BCUT2D eigenvalue weighted by atomic mass is 10.4. The number of anilines is 1. The zero-order valence-electron chi connectivity index (χ0n) is 7.11. The van der Waals surface area contributed by atoms with Crippen LogP contribution in [0.3, 0.4) is 0 Å². The van der Waals surface area contributed by atoms with Crippen LogP contribution in [-0.2, 0) is 6.54 Å². The summed E-state index contributed by atoms with van der Waals surface area (Å²) in [6.45, 7) is 0.398. The molecule has 0 aliphatic rings. The van der Waals surface area contributed by atoms with Gasteiger partial charge in [0, 0.05) is 0 Å². The predicted molar refractivity (Wildman–Crippen MR) is 45.7 cm³/mol. The standard InChI is InChI=1S/C7H7FN6/c8-5-1-2-6(9-3-5)10-4-7-11-13-14-12-7/h1-3H,4H2,(H,9,10)(H,11,12,13,14). The fraction of sp³-hybridized carbons (Fsp3) is 0.143. The molecule has 2 aromatic heterocycles. The number of aromatic amines is 1. The van der Waals surface area contributed by atoms with Crippen molar-refractivity contribution in [3.8, 4) is 0 Å². The Morgan fingerprint density at radius 1 is 1.43 bits per heavy atom. The third-order valence-electron chi connectivity index (χ3n) is 1.54. The quantitative estimate of drug-likeness (QED) is 0.736. The number of halogens is 1. The molecule has 0 unspecified atom stereocenters. The van der Waals surface area contributed by atoms with Crippen LogP contribution in [0, 0.1) is 5.82 Å². The van der Waals surface area contributed by atoms with E-state index in [4.69, 9.17) is 0 Å². The van der Waals surface area contributed by atoms with E-state index in [0.717, 1.165) is 6.20 Å². The number of hydrogen-bond acceptors (Lipinski definition) is 5. The average Bonchev–Trinajstić information content (AvgIpc) is 2.70. The Balaban J connectivity index is 1.95. The maximum atomic E-state index is 12.5. The van der Waals surface area contributed by atoms with Gasteiger partial charge in [-0.25, -0.2) is 9.37 Å². The van der Waals surface area contributed by atoms with Crippen molar-refractivity contribution >= 4 is 5.82 Å². The SMILES string of the molecule is Fc1ccc(NCc2nn[nH]n2)nc1. The van der Waals surface area contributed by atoms with Crippen molar-refractivity contribution in [2.75, 3.05) is 5.32 Å². The molecule has 2 heterocycles. The highest BCUT2D eigenvalue weighted by Crippen LogP contribution is 2.03. The topological polar surface area (TPSA) is 79.4 Å². The molecule has 0 aliphatic heterocycles. The van der Waals surface area contributed by atoms with E-state index in [0.29, 0.717) is 18.2 Å². The smallest absolute Gasteiger partial charge is 0.193 e. The van der Waals surface area contributed by atoms with Gasteiger partial charge in [-0.2, -0.15) is 5.21 Å². The van der Waals surface area contributed by atoms with Gasteiger partial charge < -0.3 is 5.32 Å². The molecule has 0 amide bonds. The van der Waals surface area contributed by atoms with Crippen molar-refractivity contribution in [1.29, 1.82) is 0 Å². The van der Waals surface area contributed by atoms with Gasteiger partial charge in [-0.3, -0.25) is 0 Å². The molecule has 0 fully saturated rings. The lowest BCUT2D eigenvalue weighted by Crippen LogP contribution is -2.02. The highest BCUT2D eigenvalue weighted by Gasteiger charge is 1.98. The maximum absolute atomic E-state index is 12.5. The summed E-state index contributed by atoms with van der Waals surface area (Å²) in [5.41, 5.74) is 0. The molecule has 0 bridgehead atoms. The lowest BCUT2D eigenvalue weighted by molar-refractivity contribution is 0.621. The summed E-state index contributed by atoms with van der Waals surface area (Å²) in [5.74, 6) is 0.724. The number of nitrogens with zero attached hydrogens (tertiary/aromatic N) is 4. The molecule has 0 radical (unpaired) electrons. The van der Waals surface area contributed by atoms with Gasteiger partial charge >= 0.3 is 0 Å². The van der Waals surface area contributed by atoms with Crippen LogP contribution in [0.2, 0.25) is 0 Å². The molecule has 2 N–H and O–H groups in total. The maximum Gasteiger partial charge on any atom is 0.193 e. The highest BCUT2D eigenvalue weighted by molar-refractivity contribution is 5.33. The first-order valence-electron chi connectivity index (χ1n) is 3.92. The number of hydrogen-bond donors (Lipinski definition) is 2. The molecule has 72 valence electrons. The lowest BCUT2D eigenvalue weighted by Gasteiger charge is -2.00. The van der Waals surface area contributed by atoms with E-state index in [1.165, 1.54) is 12.1 Å². The predicted octanol–water partition coefficient (Wildman–Crippen LogP) is 0.346. The third kappa shape index (κ3) is 2.00. The van der Waals surface area contributed by atoms with Gasteiger partial charge in [0.15, 0.2) is 5.82 Å². The van der Waals surface area contributed by atoms with Crippen LogP contribution in [0.5, 0.6) is 0 Å². The fourth-order valence-corrected chi connectivity index (χ4v) is 0.907. The molecule has 0 atom stereocenters. The number of H-pyrrole nitrogens is 1. The summed E-state index contributed by atoms with van der Waals surface area (Å²) in [4.78, 5) is 3.81. The van der Waals surface area contributed by atoms with Crippen LogP contribution in [0.1, 0.15) is 5.82 Å². The number of pyridine rings is 1. The molecule has 0 aliphatic carbocycles. The number of nitrogens with one attached hydrogen (secondary N) is 2. The first-order chi connectivity index (χ1) is 6.84. The molecule has 2 aromatic rings. The van der Waals surface area contributed by atoms with Gasteiger partial charge in [-0.05, 0) is 12.1 Å². The Bertz CT molecular complexity index is 383. The van der Waals surface area contributed by atoms with Crippen LogP contribution in [-0.4, -0.2) is 25.6 Å². The van der Waals surface area contributed by atoms with Crippen LogP contribution in [0.15, 0.2) is 18.3 Å². The monoisotopic (exact) mass is 194 g/mol. The summed E-state index contributed by atoms with van der Waals surface area (Å²) >= 11 is 0. The van der Waals surface area contributed by atoms with E-state index >= 15 is 0 Å². The fourth-order valence-electron chi connectivity index (χ4n) is 0.907. The first-order valence-corrected chi connectivity index (χ1v) is 3.92. The van der Waals surface area contributed by atoms with E-state index < -0.39 is 0 Å². The summed E-state index contributed by atoms with van der Waals surface area (Å²) in [6.07, 6.45) is 1.14. The molecule has 7 heteroatoms. The van der Waals surface area contributed by atoms with Crippen LogP contribution in [0.25, 0.3) is 0 Å². The average molecular weight is 194 g/mol. The molecular weight excluding hydrogens is 187 g/mol. The second-order valence-corrected chi connectivity index (χ2v) is 2.54. The summed E-state index contributed by atoms with van der Waals surface area (Å²) in [6, 6.07) is 2.86. The van der Waals surface area contributed by atoms with Crippen molar-refractivity contribution in [2.45, 2.75) is 6.54 Å². The molecule has 0 spiro atoms. The zero-order chi connectivity index (χ0) is 9.80. The number of rotatable bonds is 3. The highest BCUT2D eigenvalue weighted by atomic mass is 19.1. The van der Waals surface area contributed by atoms with Crippen molar-refractivity contribution in [3.05, 3.63) is 30.0 Å². The number of tetrazole rings is 1. The molecule has 14 heavy (non-hydrogen) atoms. The van der Waals surface area contributed by atoms with Gasteiger partial charge in [0.05, 0.1) is 12.7 Å². The Morgan fingerprint density at radius 2 is 2.36 bits per heavy atom. The van der Waals surface area contributed by atoms with Crippen molar-refractivity contribution in [1.82, 2.24) is 25.6 Å². The van der Waals surface area contributed by atoms with Gasteiger partial charge in [0.1, 0.15) is 11.6 Å². The summed E-state index contributed by atoms with van der Waals surface area (Å²) in [7, 11) is 0. The Labute approximate surface area is 78.6 Å². The van der Waals surface area contributed by atoms with Crippen LogP contribution >= 0.6 is 0 Å². The van der Waals surface area contributed by atoms with E-state index in [1.54, 1.807) is 0 Å². The van der Waals surface area contributed by atoms with Crippen molar-refractivity contribution in [2.24, 2.45) is 0 Å². The van der Waals surface area contributed by atoms with Gasteiger partial charge in [0.2, 0.25) is 0 Å². The summed E-state index contributed by atoms with van der Waals surface area (Å²) < 4.78 is 12.5. The Hall–Kier alpha value is -2.05. The Morgan fingerprint density at radius 3 is 3.00 bits per heavy atom. The summed E-state index contributed by atoms with van der Waals surface area (Å²) in [5, 5.41) is 16.1. The largest absolute Gasteiger partial charge is 0.363 e. The second kappa shape index (κ2) is 3.77. The van der Waals surface area contributed by atoms with E-state index in [1.807, 2.05) is 0 Å². The van der Waals surface area contributed by atoms with Gasteiger partial charge in [-0.1, -0.05) is 5.21 Å². The number of aromatic nitrogens is 5. The molecule has 0 aromatic carbocycles.